The maximum atomic E-state index is 13.2. The number of aryl methyl sites for hydroxylation is 1. The number of nitrogens with zero attached hydrogens (tertiary/aromatic N) is 3. The van der Waals surface area contributed by atoms with Crippen LogP contribution in [0.2, 0.25) is 0 Å². The first-order valence-corrected chi connectivity index (χ1v) is 15.7. The molecular weight excluding hydrogens is 670 g/mol. The molecule has 1 aliphatic heterocycles. The van der Waals surface area contributed by atoms with Crippen LogP contribution in [0.3, 0.4) is 0 Å². The van der Waals surface area contributed by atoms with Crippen LogP contribution in [0, 0.1) is 16.7 Å². The van der Waals surface area contributed by atoms with E-state index in [1.807, 2.05) is 19.1 Å². The zero-order valence-corrected chi connectivity index (χ0v) is 29.6. The molecule has 3 rings (SSSR count). The molecule has 47 heavy (non-hydrogen) atoms. The van der Waals surface area contributed by atoms with Crippen LogP contribution in [0.15, 0.2) is 18.2 Å². The summed E-state index contributed by atoms with van der Waals surface area (Å²) < 4.78 is 17.9. The molecular formula is C34H46BrN5O7. The quantitative estimate of drug-likeness (QED) is 0.170. The Hall–Kier alpha value is -4.18. The largest absolute Gasteiger partial charge is 0.491 e. The van der Waals surface area contributed by atoms with E-state index in [1.54, 1.807) is 11.0 Å². The topological polar surface area (TPSA) is 175 Å². The fourth-order valence-corrected chi connectivity index (χ4v) is 5.05. The van der Waals surface area contributed by atoms with Crippen LogP contribution >= 0.6 is 17.0 Å². The number of Topliss-reactive ketones (excluding diaryl/α,β-unsaturated/α-hetero) is 1. The van der Waals surface area contributed by atoms with E-state index < -0.39 is 11.9 Å². The summed E-state index contributed by atoms with van der Waals surface area (Å²) in [5, 5.41) is 29.1. The number of benzene rings is 1. The number of fused-ring (bicyclic) bond motifs is 1. The molecule has 0 fully saturated rings. The second-order valence-corrected chi connectivity index (χ2v) is 12.1. The molecule has 0 atom stereocenters. The highest BCUT2D eigenvalue weighted by atomic mass is 79.9. The number of unbranched alkanes of at least 4 members (excludes halogenated alkanes) is 2. The smallest absolute Gasteiger partial charge is 0.303 e. The van der Waals surface area contributed by atoms with Gasteiger partial charge < -0.3 is 29.5 Å². The van der Waals surface area contributed by atoms with Gasteiger partial charge in [-0.2, -0.15) is 5.26 Å². The Morgan fingerprint density at radius 1 is 1.06 bits per heavy atom. The minimum Gasteiger partial charge on any atom is -0.491 e. The minimum absolute atomic E-state index is 0. The maximum absolute atomic E-state index is 13.2. The number of nitrogens with one attached hydrogen (secondary N) is 2. The zero-order chi connectivity index (χ0) is 33.9. The van der Waals surface area contributed by atoms with Crippen molar-refractivity contribution in [3.05, 3.63) is 46.3 Å². The van der Waals surface area contributed by atoms with Crippen LogP contribution in [-0.4, -0.2) is 71.9 Å². The molecule has 2 aromatic rings. The first-order chi connectivity index (χ1) is 21.9. The number of nitriles is 1. The van der Waals surface area contributed by atoms with Crippen LogP contribution in [0.25, 0.3) is 0 Å². The van der Waals surface area contributed by atoms with Gasteiger partial charge in [0.1, 0.15) is 11.5 Å². The third-order valence-electron chi connectivity index (χ3n) is 7.41. The number of carbonyl (C=O) groups is 3. The fraction of sp³-hybridized carbons (Fsp3) is 0.529. The van der Waals surface area contributed by atoms with Gasteiger partial charge >= 0.3 is 5.97 Å². The van der Waals surface area contributed by atoms with E-state index in [4.69, 9.17) is 30.0 Å². The van der Waals surface area contributed by atoms with Gasteiger partial charge in [-0.05, 0) is 55.7 Å². The average molecular weight is 717 g/mol. The lowest BCUT2D eigenvalue weighted by molar-refractivity contribution is -0.137. The van der Waals surface area contributed by atoms with Crippen LogP contribution in [0.1, 0.15) is 99.1 Å². The summed E-state index contributed by atoms with van der Waals surface area (Å²) in [4.78, 5) is 42.5. The molecule has 12 nitrogen and oxygen atoms in total. The molecule has 0 aliphatic carbocycles. The third-order valence-corrected chi connectivity index (χ3v) is 7.41. The first-order valence-electron chi connectivity index (χ1n) is 15.7. The number of carbonyl (C=O) groups excluding carboxylic acids is 2. The van der Waals surface area contributed by atoms with Gasteiger partial charge in [0.25, 0.3) is 5.91 Å². The lowest BCUT2D eigenvalue weighted by atomic mass is 9.84. The Labute approximate surface area is 287 Å². The van der Waals surface area contributed by atoms with E-state index in [1.165, 1.54) is 7.05 Å². The van der Waals surface area contributed by atoms with Crippen molar-refractivity contribution < 1.29 is 33.7 Å². The molecule has 256 valence electrons. The van der Waals surface area contributed by atoms with E-state index in [0.29, 0.717) is 81.4 Å². The normalized spacial score (nSPS) is 12.1. The number of amidine groups is 1. The molecule has 0 unspecified atom stereocenters. The van der Waals surface area contributed by atoms with Gasteiger partial charge in [0.15, 0.2) is 28.7 Å². The second-order valence-electron chi connectivity index (χ2n) is 12.1. The second kappa shape index (κ2) is 18.2. The molecule has 1 aliphatic rings. The van der Waals surface area contributed by atoms with Crippen molar-refractivity contribution in [3.63, 3.8) is 0 Å². The zero-order valence-electron chi connectivity index (χ0n) is 27.9. The number of carboxylic acids is 1. The minimum atomic E-state index is -0.843. The predicted molar refractivity (Wildman–Crippen MR) is 182 cm³/mol. The van der Waals surface area contributed by atoms with E-state index in [0.717, 1.165) is 16.7 Å². The number of rotatable bonds is 18. The summed E-state index contributed by atoms with van der Waals surface area (Å²) in [6.07, 6.45) is 2.73. The molecule has 1 aromatic heterocycles. The molecule has 1 aromatic carbocycles. The van der Waals surface area contributed by atoms with Crippen molar-refractivity contribution in [1.82, 2.24) is 15.2 Å². The molecule has 0 spiro atoms. The van der Waals surface area contributed by atoms with Gasteiger partial charge in [-0.3, -0.25) is 19.8 Å². The SMILES string of the molecule is Br.CCOc1cc2c(nc1C(=O)NC)C(=N)N(CC(=O)CCc1cc(OCCCC#N)c(OCCCCC(=O)O)c(C(C)(C)C)c1)C2. The monoisotopic (exact) mass is 715 g/mol. The van der Waals surface area contributed by atoms with E-state index in [-0.39, 0.29) is 59.1 Å². The molecule has 1 amide bonds. The first kappa shape index (κ1) is 39.0. The van der Waals surface area contributed by atoms with Crippen molar-refractivity contribution in [1.29, 1.82) is 10.7 Å². The summed E-state index contributed by atoms with van der Waals surface area (Å²) in [6.45, 7) is 9.35. The lowest BCUT2D eigenvalue weighted by Gasteiger charge is -2.26. The van der Waals surface area contributed by atoms with Crippen molar-refractivity contribution in [2.75, 3.05) is 33.4 Å². The number of hydrogen-bond acceptors (Lipinski definition) is 9. The number of halogens is 1. The Morgan fingerprint density at radius 3 is 2.43 bits per heavy atom. The van der Waals surface area contributed by atoms with Crippen molar-refractivity contribution in [3.8, 4) is 23.3 Å². The number of pyridine rings is 1. The molecule has 0 saturated carbocycles. The fourth-order valence-electron chi connectivity index (χ4n) is 5.05. The van der Waals surface area contributed by atoms with Crippen LogP contribution in [-0.2, 0) is 28.0 Å². The molecule has 2 heterocycles. The Bertz CT molecular complexity index is 1480. The molecule has 0 saturated heterocycles. The van der Waals surface area contributed by atoms with E-state index >= 15 is 0 Å². The number of aliphatic carboxylic acids is 1. The van der Waals surface area contributed by atoms with Gasteiger partial charge in [-0.15, -0.1) is 17.0 Å². The van der Waals surface area contributed by atoms with Gasteiger partial charge in [-0.1, -0.05) is 26.8 Å². The number of carboxylic acid groups (broad SMARTS) is 1. The maximum Gasteiger partial charge on any atom is 0.303 e. The molecule has 3 N–H and O–H groups in total. The third kappa shape index (κ3) is 10.9. The van der Waals surface area contributed by atoms with Crippen LogP contribution in [0.4, 0.5) is 0 Å². The Kier molecular flexibility index (Phi) is 15.1. The van der Waals surface area contributed by atoms with Crippen molar-refractivity contribution in [2.24, 2.45) is 0 Å². The highest BCUT2D eigenvalue weighted by Crippen LogP contribution is 2.40. The number of ketones is 1. The number of amides is 1. The van der Waals surface area contributed by atoms with E-state index in [9.17, 15) is 14.4 Å². The van der Waals surface area contributed by atoms with Crippen molar-refractivity contribution >= 4 is 40.5 Å². The summed E-state index contributed by atoms with van der Waals surface area (Å²) in [5.74, 6) is 0.246. The van der Waals surface area contributed by atoms with Crippen LogP contribution < -0.4 is 19.5 Å². The predicted octanol–water partition coefficient (Wildman–Crippen LogP) is 5.37. The van der Waals surface area contributed by atoms with Gasteiger partial charge in [0, 0.05) is 44.0 Å². The standard InChI is InChI=1S/C34H45N5O7.BrH/c1-6-44-26-19-23-20-39(32(36)29(23)38-30(26)33(43)37-5)21-24(40)13-12-22-17-25(34(2,3)4)31(46-16-9-7-11-28(41)42)27(18-22)45-15-10-8-14-35;/h17-19,36H,6-13,15-16,20-21H2,1-5H3,(H,37,43)(H,41,42);1H. The van der Waals surface area contributed by atoms with Gasteiger partial charge in [0.05, 0.1) is 32.4 Å². The molecule has 0 bridgehead atoms. The summed E-state index contributed by atoms with van der Waals surface area (Å²) in [7, 11) is 1.50. The van der Waals surface area contributed by atoms with Gasteiger partial charge in [-0.25, -0.2) is 4.98 Å². The molecule has 0 radical (unpaired) electrons. The summed E-state index contributed by atoms with van der Waals surface area (Å²) in [6, 6.07) is 7.73. The Balaban J connectivity index is 0.00000768. The number of aromatic nitrogens is 1. The van der Waals surface area contributed by atoms with Crippen LogP contribution in [0.5, 0.6) is 17.2 Å². The van der Waals surface area contributed by atoms with Crippen molar-refractivity contribution in [2.45, 2.75) is 84.6 Å². The highest BCUT2D eigenvalue weighted by Gasteiger charge is 2.31. The summed E-state index contributed by atoms with van der Waals surface area (Å²) >= 11 is 0. The molecule has 13 heteroatoms. The van der Waals surface area contributed by atoms with Gasteiger partial charge in [0.2, 0.25) is 0 Å². The Morgan fingerprint density at radius 2 is 1.79 bits per heavy atom. The number of ether oxygens (including phenoxy) is 3. The lowest BCUT2D eigenvalue weighted by Crippen LogP contribution is -2.30. The van der Waals surface area contributed by atoms with E-state index in [2.05, 4.69) is 37.1 Å². The highest BCUT2D eigenvalue weighted by molar-refractivity contribution is 8.93. The number of hydrogen-bond donors (Lipinski definition) is 3. The summed E-state index contributed by atoms with van der Waals surface area (Å²) in [5.41, 5.74) is 2.67. The average Bonchev–Trinajstić information content (AvgIpc) is 3.30.